The van der Waals surface area contributed by atoms with Crippen molar-refractivity contribution in [2.24, 2.45) is 0 Å². The zero-order chi connectivity index (χ0) is 18.9. The van der Waals surface area contributed by atoms with Gasteiger partial charge in [0.25, 0.3) is 0 Å². The number of thiocarbonyl (C=S) groups is 1. The molecular formula is C20H23FN2O2S. The molecule has 138 valence electrons. The second kappa shape index (κ2) is 9.87. The molecule has 2 rings (SSSR count). The smallest absolute Gasteiger partial charge is 0.338 e. The Morgan fingerprint density at radius 1 is 1.19 bits per heavy atom. The van der Waals surface area contributed by atoms with Crippen LogP contribution >= 0.6 is 12.2 Å². The Bertz CT molecular complexity index is 763. The number of hydrogen-bond donors (Lipinski definition) is 2. The Kier molecular flexibility index (Phi) is 7.53. The highest BCUT2D eigenvalue weighted by Crippen LogP contribution is 2.17. The largest absolute Gasteiger partial charge is 0.462 e. The minimum atomic E-state index is -0.353. The van der Waals surface area contributed by atoms with Crippen LogP contribution in [0.25, 0.3) is 0 Å². The van der Waals surface area contributed by atoms with E-state index in [1.807, 2.05) is 13.0 Å². The maximum absolute atomic E-state index is 12.9. The van der Waals surface area contributed by atoms with Crippen molar-refractivity contribution < 1.29 is 13.9 Å². The van der Waals surface area contributed by atoms with Crippen molar-refractivity contribution in [1.29, 1.82) is 0 Å². The number of carbonyl (C=O) groups is 1. The number of nitrogens with one attached hydrogen (secondary N) is 2. The highest BCUT2D eigenvalue weighted by Gasteiger charge is 2.09. The predicted octanol–water partition coefficient (Wildman–Crippen LogP) is 4.23. The highest BCUT2D eigenvalue weighted by molar-refractivity contribution is 7.80. The fraction of sp³-hybridized carbons (Fsp3) is 0.300. The second-order valence-electron chi connectivity index (χ2n) is 5.86. The number of ether oxygens (including phenoxy) is 1. The molecule has 0 unspecified atom stereocenters. The Labute approximate surface area is 158 Å². The number of aryl methyl sites for hydroxylation is 2. The third-order valence-corrected chi connectivity index (χ3v) is 4.08. The molecule has 0 spiro atoms. The number of hydrogen-bond acceptors (Lipinski definition) is 3. The van der Waals surface area contributed by atoms with Gasteiger partial charge in [0, 0.05) is 12.2 Å². The van der Waals surface area contributed by atoms with Crippen LogP contribution in [0.1, 0.15) is 34.8 Å². The molecule has 2 aromatic rings. The summed E-state index contributed by atoms with van der Waals surface area (Å²) >= 11 is 5.32. The van der Waals surface area contributed by atoms with Gasteiger partial charge < -0.3 is 15.4 Å². The van der Waals surface area contributed by atoms with Crippen LogP contribution in [-0.4, -0.2) is 24.2 Å². The van der Waals surface area contributed by atoms with Gasteiger partial charge in [0.15, 0.2) is 5.11 Å². The molecule has 0 amide bonds. The maximum atomic E-state index is 12.9. The summed E-state index contributed by atoms with van der Waals surface area (Å²) in [7, 11) is 0. The Hall–Kier alpha value is -2.47. The highest BCUT2D eigenvalue weighted by atomic mass is 32.1. The number of halogens is 1. The van der Waals surface area contributed by atoms with E-state index in [9.17, 15) is 9.18 Å². The minimum Gasteiger partial charge on any atom is -0.462 e. The van der Waals surface area contributed by atoms with Crippen LogP contribution in [0.15, 0.2) is 42.5 Å². The summed E-state index contributed by atoms with van der Waals surface area (Å²) in [6.07, 6.45) is 1.71. The topological polar surface area (TPSA) is 50.4 Å². The number of benzene rings is 2. The van der Waals surface area contributed by atoms with Crippen LogP contribution in [0, 0.1) is 12.7 Å². The Balaban J connectivity index is 1.82. The summed E-state index contributed by atoms with van der Waals surface area (Å²) in [6.45, 7) is 4.74. The lowest BCUT2D eigenvalue weighted by Gasteiger charge is -2.13. The third kappa shape index (κ3) is 6.11. The molecule has 4 nitrogen and oxygen atoms in total. The average Bonchev–Trinajstić information content (AvgIpc) is 2.62. The van der Waals surface area contributed by atoms with Gasteiger partial charge in [-0.05, 0) is 74.3 Å². The van der Waals surface area contributed by atoms with Crippen molar-refractivity contribution >= 4 is 29.0 Å². The van der Waals surface area contributed by atoms with Crippen molar-refractivity contribution in [2.75, 3.05) is 18.5 Å². The van der Waals surface area contributed by atoms with Gasteiger partial charge in [-0.1, -0.05) is 18.2 Å². The molecule has 2 aromatic carbocycles. The number of anilines is 1. The number of carbonyl (C=O) groups excluding carboxylic acids is 1. The SMILES string of the molecule is CCOC(=O)c1ccc(C)c(NC(=S)NCCCc2ccc(F)cc2)c1. The summed E-state index contributed by atoms with van der Waals surface area (Å²) in [5, 5.41) is 6.75. The fourth-order valence-electron chi connectivity index (χ4n) is 2.41. The zero-order valence-corrected chi connectivity index (χ0v) is 15.8. The average molecular weight is 374 g/mol. The second-order valence-corrected chi connectivity index (χ2v) is 6.27. The van der Waals surface area contributed by atoms with E-state index in [0.717, 1.165) is 29.7 Å². The molecule has 0 aliphatic rings. The zero-order valence-electron chi connectivity index (χ0n) is 15.0. The molecule has 0 saturated heterocycles. The van der Waals surface area contributed by atoms with Gasteiger partial charge in [0.05, 0.1) is 12.2 Å². The van der Waals surface area contributed by atoms with Crippen molar-refractivity contribution in [1.82, 2.24) is 5.32 Å². The summed E-state index contributed by atoms with van der Waals surface area (Å²) in [5.41, 5.74) is 3.32. The van der Waals surface area contributed by atoms with E-state index in [-0.39, 0.29) is 11.8 Å². The summed E-state index contributed by atoms with van der Waals surface area (Å²) in [5.74, 6) is -0.577. The van der Waals surface area contributed by atoms with E-state index < -0.39 is 0 Å². The van der Waals surface area contributed by atoms with Gasteiger partial charge in [-0.3, -0.25) is 0 Å². The first-order valence-corrected chi connectivity index (χ1v) is 8.97. The first-order chi connectivity index (χ1) is 12.5. The van der Waals surface area contributed by atoms with Crippen LogP contribution in [-0.2, 0) is 11.2 Å². The molecule has 0 saturated carbocycles. The van der Waals surface area contributed by atoms with E-state index in [1.165, 1.54) is 12.1 Å². The molecule has 6 heteroatoms. The Morgan fingerprint density at radius 2 is 1.92 bits per heavy atom. The molecule has 2 N–H and O–H groups in total. The van der Waals surface area contributed by atoms with E-state index in [4.69, 9.17) is 17.0 Å². The lowest BCUT2D eigenvalue weighted by molar-refractivity contribution is 0.0526. The maximum Gasteiger partial charge on any atom is 0.338 e. The number of esters is 1. The molecular weight excluding hydrogens is 351 g/mol. The van der Waals surface area contributed by atoms with Crippen molar-refractivity contribution in [3.8, 4) is 0 Å². The molecule has 0 radical (unpaired) electrons. The molecule has 26 heavy (non-hydrogen) atoms. The van der Waals surface area contributed by atoms with Crippen LogP contribution in [0.3, 0.4) is 0 Å². The first kappa shape index (κ1) is 19.8. The van der Waals surface area contributed by atoms with Gasteiger partial charge in [0.1, 0.15) is 5.82 Å². The Morgan fingerprint density at radius 3 is 2.62 bits per heavy atom. The molecule has 0 bridgehead atoms. The summed E-state index contributed by atoms with van der Waals surface area (Å²) < 4.78 is 17.9. The van der Waals surface area contributed by atoms with Crippen LogP contribution < -0.4 is 10.6 Å². The molecule has 0 fully saturated rings. The van der Waals surface area contributed by atoms with Crippen LogP contribution in [0.2, 0.25) is 0 Å². The molecule has 0 atom stereocenters. The van der Waals surface area contributed by atoms with Gasteiger partial charge in [-0.15, -0.1) is 0 Å². The van der Waals surface area contributed by atoms with Crippen molar-refractivity contribution in [2.45, 2.75) is 26.7 Å². The normalized spacial score (nSPS) is 10.3. The first-order valence-electron chi connectivity index (χ1n) is 8.56. The van der Waals surface area contributed by atoms with Gasteiger partial charge in [-0.25, -0.2) is 9.18 Å². The van der Waals surface area contributed by atoms with Gasteiger partial charge in [0.2, 0.25) is 0 Å². The monoisotopic (exact) mass is 374 g/mol. The van der Waals surface area contributed by atoms with E-state index in [0.29, 0.717) is 23.8 Å². The van der Waals surface area contributed by atoms with E-state index in [2.05, 4.69) is 10.6 Å². The molecule has 0 heterocycles. The third-order valence-electron chi connectivity index (χ3n) is 3.84. The van der Waals surface area contributed by atoms with Crippen LogP contribution in [0.4, 0.5) is 10.1 Å². The lowest BCUT2D eigenvalue weighted by atomic mass is 10.1. The summed E-state index contributed by atoms with van der Waals surface area (Å²) in [4.78, 5) is 11.8. The quantitative estimate of drug-likeness (QED) is 0.431. The van der Waals surface area contributed by atoms with Crippen molar-refractivity contribution in [3.05, 3.63) is 65.0 Å². The molecule has 0 aliphatic heterocycles. The predicted molar refractivity (Wildman–Crippen MR) is 106 cm³/mol. The van der Waals surface area contributed by atoms with E-state index in [1.54, 1.807) is 31.2 Å². The minimum absolute atomic E-state index is 0.224. The lowest BCUT2D eigenvalue weighted by Crippen LogP contribution is -2.29. The summed E-state index contributed by atoms with van der Waals surface area (Å²) in [6, 6.07) is 11.8. The van der Waals surface area contributed by atoms with Gasteiger partial charge in [-0.2, -0.15) is 0 Å². The fourth-order valence-corrected chi connectivity index (χ4v) is 2.62. The number of rotatable bonds is 7. The molecule has 0 aliphatic carbocycles. The standard InChI is InChI=1S/C20H23FN2O2S/c1-3-25-19(24)16-9-6-14(2)18(13-16)23-20(26)22-12-4-5-15-7-10-17(21)11-8-15/h6-11,13H,3-5,12H2,1-2H3,(H2,22,23,26). The van der Waals surface area contributed by atoms with Gasteiger partial charge >= 0.3 is 5.97 Å². The van der Waals surface area contributed by atoms with Crippen LogP contribution in [0.5, 0.6) is 0 Å². The van der Waals surface area contributed by atoms with E-state index >= 15 is 0 Å². The van der Waals surface area contributed by atoms with Crippen molar-refractivity contribution in [3.63, 3.8) is 0 Å². The molecule has 0 aromatic heterocycles.